The minimum atomic E-state index is -1.53. The molecule has 4 aromatic carbocycles. The summed E-state index contributed by atoms with van der Waals surface area (Å²) in [5, 5.41) is 13.4. The first kappa shape index (κ1) is 25.7. The summed E-state index contributed by atoms with van der Waals surface area (Å²) < 4.78 is 0. The number of aryl methyl sites for hydroxylation is 3. The molecule has 2 atom stereocenters. The lowest BCUT2D eigenvalue weighted by atomic mass is 9.93. The van der Waals surface area contributed by atoms with Crippen LogP contribution in [-0.4, -0.2) is 28.4 Å². The Bertz CT molecular complexity index is 1350. The lowest BCUT2D eigenvalue weighted by Crippen LogP contribution is -2.40. The molecule has 3 nitrogen and oxygen atoms in total. The molecule has 0 amide bonds. The molecule has 36 heavy (non-hydrogen) atoms. The SMILES string of the molecule is Cc1cc(C)c(C(=O)c2ccc(P(CC(C)(O)C(=O)c3ccccc3)c3ccccc3)cc2)c(C)c1. The average Bonchev–Trinajstić information content (AvgIpc) is 2.87. The fourth-order valence-corrected chi connectivity index (χ4v) is 7.16. The van der Waals surface area contributed by atoms with E-state index in [2.05, 4.69) is 0 Å². The second kappa shape index (κ2) is 10.7. The Hall–Kier alpha value is -3.39. The Balaban J connectivity index is 1.66. The minimum Gasteiger partial charge on any atom is -0.382 e. The first-order valence-corrected chi connectivity index (χ1v) is 13.6. The molecule has 0 saturated heterocycles. The number of rotatable bonds is 8. The molecule has 0 aliphatic carbocycles. The molecule has 182 valence electrons. The maximum Gasteiger partial charge on any atom is 0.194 e. The van der Waals surface area contributed by atoms with Gasteiger partial charge in [-0.25, -0.2) is 0 Å². The third-order valence-corrected chi connectivity index (χ3v) is 9.18. The van der Waals surface area contributed by atoms with E-state index in [1.54, 1.807) is 31.2 Å². The van der Waals surface area contributed by atoms with E-state index in [-0.39, 0.29) is 17.7 Å². The van der Waals surface area contributed by atoms with Crippen molar-refractivity contribution in [2.45, 2.75) is 33.3 Å². The lowest BCUT2D eigenvalue weighted by Gasteiger charge is -2.28. The number of carbonyl (C=O) groups excluding carboxylic acids is 2. The average molecular weight is 495 g/mol. The molecule has 0 aliphatic heterocycles. The monoisotopic (exact) mass is 494 g/mol. The molecule has 0 heterocycles. The van der Waals surface area contributed by atoms with Crippen molar-refractivity contribution in [3.63, 3.8) is 0 Å². The Morgan fingerprint density at radius 2 is 1.22 bits per heavy atom. The summed E-state index contributed by atoms with van der Waals surface area (Å²) in [6, 6.07) is 30.6. The highest BCUT2D eigenvalue weighted by Gasteiger charge is 2.35. The maximum absolute atomic E-state index is 13.3. The zero-order chi connectivity index (χ0) is 25.9. The fraction of sp³-hybridized carbons (Fsp3) is 0.188. The number of aliphatic hydroxyl groups is 1. The van der Waals surface area contributed by atoms with Gasteiger partial charge in [-0.1, -0.05) is 103 Å². The number of Topliss-reactive ketones (excluding diaryl/α,β-unsaturated/α-hetero) is 1. The first-order chi connectivity index (χ1) is 17.2. The third kappa shape index (κ3) is 5.54. The van der Waals surface area contributed by atoms with Gasteiger partial charge in [-0.3, -0.25) is 9.59 Å². The van der Waals surface area contributed by atoms with Crippen LogP contribution in [0.25, 0.3) is 0 Å². The summed E-state index contributed by atoms with van der Waals surface area (Å²) in [7, 11) is -1.05. The Labute approximate surface area is 214 Å². The van der Waals surface area contributed by atoms with Gasteiger partial charge in [0.2, 0.25) is 0 Å². The zero-order valence-electron chi connectivity index (χ0n) is 21.2. The van der Waals surface area contributed by atoms with Crippen LogP contribution in [0.3, 0.4) is 0 Å². The van der Waals surface area contributed by atoms with E-state index in [4.69, 9.17) is 0 Å². The summed E-state index contributed by atoms with van der Waals surface area (Å²) in [5.74, 6) is -0.282. The lowest BCUT2D eigenvalue weighted by molar-refractivity contribution is 0.0504. The van der Waals surface area contributed by atoms with Gasteiger partial charge in [-0.15, -0.1) is 0 Å². The van der Waals surface area contributed by atoms with Gasteiger partial charge in [-0.05, 0) is 57.4 Å². The Morgan fingerprint density at radius 1 is 0.722 bits per heavy atom. The molecule has 0 saturated carbocycles. The van der Waals surface area contributed by atoms with E-state index in [1.807, 2.05) is 93.6 Å². The molecule has 1 N–H and O–H groups in total. The Morgan fingerprint density at radius 3 is 1.78 bits per heavy atom. The topological polar surface area (TPSA) is 54.4 Å². The second-order valence-electron chi connectivity index (χ2n) is 9.54. The van der Waals surface area contributed by atoms with Crippen molar-refractivity contribution in [2.24, 2.45) is 0 Å². The fourth-order valence-electron chi connectivity index (χ4n) is 4.70. The zero-order valence-corrected chi connectivity index (χ0v) is 22.1. The molecule has 0 radical (unpaired) electrons. The largest absolute Gasteiger partial charge is 0.382 e. The summed E-state index contributed by atoms with van der Waals surface area (Å²) in [5.41, 5.74) is 3.43. The van der Waals surface area contributed by atoms with Crippen LogP contribution in [0.15, 0.2) is 97.1 Å². The predicted molar refractivity (Wildman–Crippen MR) is 149 cm³/mol. The number of carbonyl (C=O) groups is 2. The predicted octanol–water partition coefficient (Wildman–Crippen LogP) is 5.91. The van der Waals surface area contributed by atoms with Crippen molar-refractivity contribution in [1.29, 1.82) is 0 Å². The van der Waals surface area contributed by atoms with Crippen LogP contribution in [0.5, 0.6) is 0 Å². The smallest absolute Gasteiger partial charge is 0.194 e. The van der Waals surface area contributed by atoms with Gasteiger partial charge in [0.1, 0.15) is 5.60 Å². The molecule has 0 spiro atoms. The molecule has 4 heteroatoms. The number of hydrogen-bond acceptors (Lipinski definition) is 3. The van der Waals surface area contributed by atoms with Crippen molar-refractivity contribution >= 4 is 30.1 Å². The van der Waals surface area contributed by atoms with Crippen molar-refractivity contribution in [3.05, 3.63) is 130 Å². The van der Waals surface area contributed by atoms with Crippen LogP contribution in [0.4, 0.5) is 0 Å². The highest BCUT2D eigenvalue weighted by Crippen LogP contribution is 2.38. The van der Waals surface area contributed by atoms with Crippen molar-refractivity contribution in [3.8, 4) is 0 Å². The third-order valence-electron chi connectivity index (χ3n) is 6.40. The summed E-state index contributed by atoms with van der Waals surface area (Å²) in [6.07, 6.45) is 0.281. The van der Waals surface area contributed by atoms with E-state index in [0.717, 1.165) is 32.9 Å². The molecular weight excluding hydrogens is 463 g/mol. The minimum absolute atomic E-state index is 0.00633. The van der Waals surface area contributed by atoms with Crippen LogP contribution < -0.4 is 10.6 Å². The van der Waals surface area contributed by atoms with E-state index in [1.165, 1.54) is 0 Å². The second-order valence-corrected chi connectivity index (χ2v) is 11.7. The van der Waals surface area contributed by atoms with Gasteiger partial charge in [0.25, 0.3) is 0 Å². The number of hydrogen-bond donors (Lipinski definition) is 1. The maximum atomic E-state index is 13.3. The molecule has 4 aromatic rings. The normalized spacial score (nSPS) is 13.6. The van der Waals surface area contributed by atoms with Gasteiger partial charge in [-0.2, -0.15) is 0 Å². The van der Waals surface area contributed by atoms with Gasteiger partial charge in [0.05, 0.1) is 0 Å². The van der Waals surface area contributed by atoms with E-state index in [9.17, 15) is 14.7 Å². The first-order valence-electron chi connectivity index (χ1n) is 12.0. The number of benzene rings is 4. The highest BCUT2D eigenvalue weighted by atomic mass is 31.1. The molecule has 0 aliphatic rings. The van der Waals surface area contributed by atoms with Crippen molar-refractivity contribution in [2.75, 3.05) is 6.16 Å². The number of ketones is 2. The van der Waals surface area contributed by atoms with Crippen LogP contribution in [-0.2, 0) is 0 Å². The van der Waals surface area contributed by atoms with Gasteiger partial charge < -0.3 is 5.11 Å². The Kier molecular flexibility index (Phi) is 7.64. The standard InChI is InChI=1S/C32H31O3P/c1-22-19-23(2)29(24(3)20-22)30(33)25-15-17-28(18-16-25)36(27-13-9-6-10-14-27)21-32(4,35)31(34)26-11-7-5-8-12-26/h5-20,35H,21H2,1-4H3. The van der Waals surface area contributed by atoms with E-state index < -0.39 is 13.5 Å². The molecule has 4 rings (SSSR count). The van der Waals surface area contributed by atoms with Crippen LogP contribution >= 0.6 is 7.92 Å². The van der Waals surface area contributed by atoms with E-state index >= 15 is 0 Å². The molecular formula is C32H31O3P. The van der Waals surface area contributed by atoms with Crippen LogP contribution in [0.2, 0.25) is 0 Å². The van der Waals surface area contributed by atoms with Crippen molar-refractivity contribution < 1.29 is 14.7 Å². The molecule has 0 bridgehead atoms. The van der Waals surface area contributed by atoms with Crippen molar-refractivity contribution in [1.82, 2.24) is 0 Å². The van der Waals surface area contributed by atoms with Crippen LogP contribution in [0, 0.1) is 20.8 Å². The molecule has 2 unspecified atom stereocenters. The van der Waals surface area contributed by atoms with Crippen LogP contribution in [0.1, 0.15) is 49.9 Å². The quantitative estimate of drug-likeness (QED) is 0.245. The molecule has 0 fully saturated rings. The summed E-state index contributed by atoms with van der Waals surface area (Å²) in [6.45, 7) is 7.58. The van der Waals surface area contributed by atoms with Gasteiger partial charge in [0, 0.05) is 22.9 Å². The summed E-state index contributed by atoms with van der Waals surface area (Å²) >= 11 is 0. The highest BCUT2D eigenvalue weighted by molar-refractivity contribution is 7.73. The summed E-state index contributed by atoms with van der Waals surface area (Å²) in [4.78, 5) is 26.5. The molecule has 0 aromatic heterocycles. The van der Waals surface area contributed by atoms with E-state index in [0.29, 0.717) is 11.1 Å². The van der Waals surface area contributed by atoms with Gasteiger partial charge in [0.15, 0.2) is 11.6 Å². The van der Waals surface area contributed by atoms with Gasteiger partial charge >= 0.3 is 0 Å².